The van der Waals surface area contributed by atoms with Crippen LogP contribution in [0.15, 0.2) is 71.9 Å². The van der Waals surface area contributed by atoms with Crippen LogP contribution in [0, 0.1) is 11.6 Å². The molecule has 0 spiro atoms. The van der Waals surface area contributed by atoms with Gasteiger partial charge in [0.05, 0.1) is 29.1 Å². The molecular formula is C31H23ClF2N4O8. The second-order valence-electron chi connectivity index (χ2n) is 10.4. The van der Waals surface area contributed by atoms with Crippen LogP contribution in [0.5, 0.6) is 0 Å². The number of carbonyl (C=O) groups is 2. The van der Waals surface area contributed by atoms with Gasteiger partial charge in [0.1, 0.15) is 29.9 Å². The number of hydrogen-bond acceptors (Lipinski definition) is 11. The van der Waals surface area contributed by atoms with Crippen LogP contribution in [0.25, 0.3) is 11.3 Å². The Hall–Kier alpha value is -4.86. The van der Waals surface area contributed by atoms with E-state index < -0.39 is 54.3 Å². The number of ether oxygens (including phenoxy) is 2. The van der Waals surface area contributed by atoms with Crippen molar-refractivity contribution in [1.82, 2.24) is 9.97 Å². The van der Waals surface area contributed by atoms with Crippen LogP contribution in [0.3, 0.4) is 0 Å². The number of halogens is 3. The highest BCUT2D eigenvalue weighted by atomic mass is 35.5. The van der Waals surface area contributed by atoms with E-state index in [0.29, 0.717) is 33.1 Å². The first kappa shape index (κ1) is 31.1. The monoisotopic (exact) mass is 652 g/mol. The van der Waals surface area contributed by atoms with Gasteiger partial charge in [-0.15, -0.1) is 0 Å². The van der Waals surface area contributed by atoms with Gasteiger partial charge in [-0.1, -0.05) is 23.7 Å². The van der Waals surface area contributed by atoms with Crippen LogP contribution in [0.2, 0.25) is 5.02 Å². The van der Waals surface area contributed by atoms with Gasteiger partial charge >= 0.3 is 11.9 Å². The van der Waals surface area contributed by atoms with E-state index in [-0.39, 0.29) is 29.3 Å². The predicted octanol–water partition coefficient (Wildman–Crippen LogP) is 3.22. The molecule has 0 aliphatic carbocycles. The van der Waals surface area contributed by atoms with E-state index in [1.54, 1.807) is 18.2 Å². The highest BCUT2D eigenvalue weighted by Gasteiger charge is 2.48. The third-order valence-electron chi connectivity index (χ3n) is 7.38. The predicted molar refractivity (Wildman–Crippen MR) is 158 cm³/mol. The van der Waals surface area contributed by atoms with Gasteiger partial charge in [-0.25, -0.2) is 28.3 Å². The molecule has 2 aliphatic heterocycles. The van der Waals surface area contributed by atoms with Crippen molar-refractivity contribution in [2.75, 3.05) is 5.32 Å². The second kappa shape index (κ2) is 12.5. The Bertz CT molecular complexity index is 1860. The highest BCUT2D eigenvalue weighted by Crippen LogP contribution is 2.35. The molecule has 0 saturated carbocycles. The number of carbonyl (C=O) groups excluding carboxylic acids is 1. The molecule has 3 unspecified atom stereocenters. The number of aliphatic hydroxyl groups excluding tert-OH is 3. The first-order chi connectivity index (χ1) is 22.0. The Morgan fingerprint density at radius 1 is 0.957 bits per heavy atom. The number of anilines is 2. The van der Waals surface area contributed by atoms with E-state index in [9.17, 15) is 38.8 Å². The number of carboxylic acid groups (broad SMARTS) is 1. The standard InChI is InChI=1S/C31H23ClF2N4O8/c32-15-6-9-17-18(10-15)23(21-19(33)2-1-3-20(21)34)35-11-14-12-36-31(38-22(14)17)37-16-7-4-13(5-8-16)29(44)46-30-26(41)24(39)25(40)27(45-30)28(42)43/h1-10,12,24-27,30,39-41H,11H2,(H,42,43)(H,36,37,38)/t24?,25-,26?,27?,30-/m0/s1. The van der Waals surface area contributed by atoms with E-state index in [2.05, 4.69) is 20.3 Å². The molecule has 5 atom stereocenters. The summed E-state index contributed by atoms with van der Waals surface area (Å²) in [6.07, 6.45) is -8.00. The van der Waals surface area contributed by atoms with Crippen LogP contribution >= 0.6 is 11.6 Å². The lowest BCUT2D eigenvalue weighted by molar-refractivity contribution is -0.278. The fourth-order valence-corrected chi connectivity index (χ4v) is 5.24. The Kier molecular flexibility index (Phi) is 8.46. The van der Waals surface area contributed by atoms with Crippen molar-refractivity contribution in [1.29, 1.82) is 0 Å². The molecule has 0 radical (unpaired) electrons. The van der Waals surface area contributed by atoms with Crippen molar-refractivity contribution >= 4 is 40.9 Å². The number of aliphatic hydroxyl groups is 3. The molecule has 0 bridgehead atoms. The molecular weight excluding hydrogens is 630 g/mol. The van der Waals surface area contributed by atoms with Gasteiger partial charge < -0.3 is 35.2 Å². The topological polar surface area (TPSA) is 184 Å². The van der Waals surface area contributed by atoms with Gasteiger partial charge in [0.2, 0.25) is 12.2 Å². The quantitative estimate of drug-likeness (QED) is 0.193. The third kappa shape index (κ3) is 5.91. The summed E-state index contributed by atoms with van der Waals surface area (Å²) in [4.78, 5) is 37.5. The number of aliphatic carboxylic acids is 1. The van der Waals surface area contributed by atoms with Crippen LogP contribution in [0.4, 0.5) is 20.4 Å². The molecule has 2 aliphatic rings. The summed E-state index contributed by atoms with van der Waals surface area (Å²) in [5, 5.41) is 42.4. The number of esters is 1. The van der Waals surface area contributed by atoms with Gasteiger partial charge in [-0.2, -0.15) is 0 Å². The molecule has 6 rings (SSSR count). The number of benzene rings is 3. The summed E-state index contributed by atoms with van der Waals surface area (Å²) >= 11 is 6.27. The lowest BCUT2D eigenvalue weighted by Gasteiger charge is -2.37. The third-order valence-corrected chi connectivity index (χ3v) is 7.61. The van der Waals surface area contributed by atoms with E-state index in [1.807, 2.05) is 0 Å². The molecule has 1 fully saturated rings. The number of carboxylic acids is 1. The molecule has 1 aromatic heterocycles. The SMILES string of the molecule is O=C(O[C@@H]1OC(C(=O)O)[C@@H](O)C(O)C1O)c1ccc(Nc2ncc3c(n2)-c2ccc(Cl)cc2C(c2c(F)cccc2F)=NC3)cc1. The van der Waals surface area contributed by atoms with Crippen molar-refractivity contribution in [3.05, 3.63) is 106 Å². The number of rotatable bonds is 6. The average molecular weight is 653 g/mol. The first-order valence-corrected chi connectivity index (χ1v) is 14.0. The summed E-state index contributed by atoms with van der Waals surface area (Å²) in [7, 11) is 0. The van der Waals surface area contributed by atoms with E-state index in [0.717, 1.165) is 12.1 Å². The molecule has 3 heterocycles. The lowest BCUT2D eigenvalue weighted by Crippen LogP contribution is -2.60. The minimum atomic E-state index is -1.93. The Morgan fingerprint density at radius 2 is 1.67 bits per heavy atom. The number of nitrogens with zero attached hydrogens (tertiary/aromatic N) is 3. The van der Waals surface area contributed by atoms with Crippen LogP contribution in [0.1, 0.15) is 27.0 Å². The first-order valence-electron chi connectivity index (χ1n) is 13.7. The Balaban J connectivity index is 1.22. The fraction of sp³-hybridized carbons (Fsp3) is 0.194. The van der Waals surface area contributed by atoms with Gasteiger partial charge in [-0.05, 0) is 48.5 Å². The Labute approximate surface area is 263 Å². The number of fused-ring (bicyclic) bond motifs is 3. The molecule has 3 aromatic carbocycles. The molecule has 0 amide bonds. The molecule has 4 aromatic rings. The van der Waals surface area contributed by atoms with Crippen molar-refractivity contribution in [3.8, 4) is 11.3 Å². The maximum Gasteiger partial charge on any atom is 0.340 e. The molecule has 15 heteroatoms. The summed E-state index contributed by atoms with van der Waals surface area (Å²) < 4.78 is 39.7. The summed E-state index contributed by atoms with van der Waals surface area (Å²) in [6, 6.07) is 14.1. The smallest absolute Gasteiger partial charge is 0.340 e. The van der Waals surface area contributed by atoms with Gasteiger partial charge in [0.15, 0.2) is 6.10 Å². The van der Waals surface area contributed by atoms with Crippen LogP contribution in [-0.4, -0.2) is 78.8 Å². The minimum Gasteiger partial charge on any atom is -0.479 e. The summed E-state index contributed by atoms with van der Waals surface area (Å²) in [5.41, 5.74) is 2.19. The van der Waals surface area contributed by atoms with Crippen molar-refractivity contribution in [3.63, 3.8) is 0 Å². The van der Waals surface area contributed by atoms with E-state index >= 15 is 0 Å². The van der Waals surface area contributed by atoms with Crippen LogP contribution < -0.4 is 5.32 Å². The molecule has 1 saturated heterocycles. The van der Waals surface area contributed by atoms with Gasteiger partial charge in [0.25, 0.3) is 0 Å². The average Bonchev–Trinajstić information content (AvgIpc) is 3.18. The fourth-order valence-electron chi connectivity index (χ4n) is 5.06. The second-order valence-corrected chi connectivity index (χ2v) is 10.8. The van der Waals surface area contributed by atoms with Gasteiger partial charge in [-0.3, -0.25) is 4.99 Å². The Morgan fingerprint density at radius 3 is 2.37 bits per heavy atom. The van der Waals surface area contributed by atoms with E-state index in [1.165, 1.54) is 36.5 Å². The van der Waals surface area contributed by atoms with Crippen LogP contribution in [-0.2, 0) is 20.8 Å². The molecule has 5 N–H and O–H groups in total. The lowest BCUT2D eigenvalue weighted by atomic mass is 9.95. The summed E-state index contributed by atoms with van der Waals surface area (Å²) in [6.45, 7) is 0.0322. The summed E-state index contributed by atoms with van der Waals surface area (Å²) in [5.74, 6) is -4.02. The van der Waals surface area contributed by atoms with Gasteiger partial charge in [0, 0.05) is 33.6 Å². The molecule has 12 nitrogen and oxygen atoms in total. The highest BCUT2D eigenvalue weighted by molar-refractivity contribution is 6.31. The van der Waals surface area contributed by atoms with Crippen molar-refractivity contribution in [2.45, 2.75) is 37.3 Å². The maximum absolute atomic E-state index is 14.8. The zero-order valence-electron chi connectivity index (χ0n) is 23.3. The minimum absolute atomic E-state index is 0.00690. The zero-order valence-corrected chi connectivity index (χ0v) is 24.1. The number of nitrogens with one attached hydrogen (secondary N) is 1. The van der Waals surface area contributed by atoms with Crippen molar-refractivity contribution in [2.24, 2.45) is 4.99 Å². The number of aromatic nitrogens is 2. The molecule has 236 valence electrons. The molecule has 46 heavy (non-hydrogen) atoms. The normalized spacial score (nSPS) is 22.1. The number of hydrogen-bond donors (Lipinski definition) is 5. The maximum atomic E-state index is 14.8. The van der Waals surface area contributed by atoms with E-state index in [4.69, 9.17) is 21.1 Å². The zero-order chi connectivity index (χ0) is 32.7. The largest absolute Gasteiger partial charge is 0.479 e. The number of aliphatic imine (C=N–C) groups is 1. The van der Waals surface area contributed by atoms with Crippen molar-refractivity contribution < 1.29 is 48.3 Å².